The summed E-state index contributed by atoms with van der Waals surface area (Å²) in [6.45, 7) is 5.73. The highest BCUT2D eigenvalue weighted by atomic mass is 32.2. The molecule has 5 nitrogen and oxygen atoms in total. The average molecular weight is 415 g/mol. The molecule has 0 unspecified atom stereocenters. The lowest BCUT2D eigenvalue weighted by molar-refractivity contribution is 0.593. The second-order valence-corrected chi connectivity index (χ2v) is 9.36. The Kier molecular flexibility index (Phi) is 4.94. The number of halogens is 1. The molecule has 4 rings (SSSR count). The van der Waals surface area contributed by atoms with Gasteiger partial charge in [0.05, 0.1) is 21.5 Å². The molecule has 1 aromatic heterocycles. The first-order valence-corrected chi connectivity index (χ1v) is 11.2. The summed E-state index contributed by atoms with van der Waals surface area (Å²) >= 11 is 0. The molecule has 1 fully saturated rings. The Hall–Kier alpha value is -2.67. The first-order chi connectivity index (χ1) is 13.8. The van der Waals surface area contributed by atoms with Crippen LogP contribution in [0.25, 0.3) is 10.9 Å². The van der Waals surface area contributed by atoms with Crippen molar-refractivity contribution in [3.63, 3.8) is 0 Å². The molecule has 0 N–H and O–H groups in total. The zero-order chi connectivity index (χ0) is 20.8. The van der Waals surface area contributed by atoms with Gasteiger partial charge in [-0.2, -0.15) is 0 Å². The fourth-order valence-corrected chi connectivity index (χ4v) is 5.24. The molecule has 2 heterocycles. The third-order valence-corrected chi connectivity index (χ3v) is 7.29. The maximum absolute atomic E-state index is 14.8. The summed E-state index contributed by atoms with van der Waals surface area (Å²) in [6.07, 6.45) is 3.39. The normalized spacial score (nSPS) is 14.7. The number of anilines is 1. The van der Waals surface area contributed by atoms with Gasteiger partial charge in [-0.1, -0.05) is 17.7 Å². The van der Waals surface area contributed by atoms with Crippen LogP contribution in [0.5, 0.6) is 0 Å². The Morgan fingerprint density at radius 2 is 1.72 bits per heavy atom. The topological polar surface area (TPSA) is 59.4 Å². The van der Waals surface area contributed by atoms with Crippen molar-refractivity contribution in [1.82, 2.24) is 4.57 Å². The molecule has 7 heteroatoms. The van der Waals surface area contributed by atoms with Crippen LogP contribution < -0.4 is 10.3 Å². The zero-order valence-corrected chi connectivity index (χ0v) is 17.3. The van der Waals surface area contributed by atoms with Crippen LogP contribution in [0.1, 0.15) is 25.3 Å². The van der Waals surface area contributed by atoms with Gasteiger partial charge in [-0.25, -0.2) is 12.8 Å². The molecule has 0 amide bonds. The van der Waals surface area contributed by atoms with E-state index in [-0.39, 0.29) is 15.2 Å². The minimum absolute atomic E-state index is 0.0522. The number of aryl methyl sites for hydroxylation is 2. The van der Waals surface area contributed by atoms with Gasteiger partial charge in [0.25, 0.3) is 0 Å². The van der Waals surface area contributed by atoms with E-state index in [9.17, 15) is 17.6 Å². The van der Waals surface area contributed by atoms with Gasteiger partial charge < -0.3 is 9.47 Å². The van der Waals surface area contributed by atoms with Crippen LogP contribution in [0.4, 0.5) is 10.1 Å². The number of benzene rings is 2. The van der Waals surface area contributed by atoms with Gasteiger partial charge in [-0.05, 0) is 51.0 Å². The van der Waals surface area contributed by atoms with Crippen molar-refractivity contribution in [3.05, 3.63) is 64.2 Å². The Balaban J connectivity index is 1.95. The first-order valence-electron chi connectivity index (χ1n) is 9.76. The summed E-state index contributed by atoms with van der Waals surface area (Å²) in [5.74, 6) is -0.496. The highest BCUT2D eigenvalue weighted by Crippen LogP contribution is 2.29. The van der Waals surface area contributed by atoms with Crippen molar-refractivity contribution in [2.75, 3.05) is 18.0 Å². The number of rotatable bonds is 4. The predicted molar refractivity (Wildman–Crippen MR) is 112 cm³/mol. The van der Waals surface area contributed by atoms with Gasteiger partial charge in [0.15, 0.2) is 0 Å². The van der Waals surface area contributed by atoms with Gasteiger partial charge in [-0.3, -0.25) is 4.79 Å². The molecule has 0 saturated carbocycles. The van der Waals surface area contributed by atoms with E-state index in [0.717, 1.165) is 31.5 Å². The van der Waals surface area contributed by atoms with Crippen LogP contribution in [0.15, 0.2) is 57.2 Å². The van der Waals surface area contributed by atoms with Gasteiger partial charge in [-0.15, -0.1) is 0 Å². The number of sulfone groups is 1. The summed E-state index contributed by atoms with van der Waals surface area (Å²) in [7, 11) is -4.02. The SMILES string of the molecule is CCn1cc(S(=O)(=O)c2ccc(C)cc2)c(=O)c2cc(F)c(N3CCCC3)cc21. The lowest BCUT2D eigenvalue weighted by Gasteiger charge is -2.20. The fourth-order valence-electron chi connectivity index (χ4n) is 3.87. The Morgan fingerprint density at radius 3 is 2.34 bits per heavy atom. The highest BCUT2D eigenvalue weighted by molar-refractivity contribution is 7.91. The van der Waals surface area contributed by atoms with Crippen LogP contribution in [-0.4, -0.2) is 26.1 Å². The molecular formula is C22H23FN2O3S. The van der Waals surface area contributed by atoms with Crippen molar-refractivity contribution in [2.45, 2.75) is 43.0 Å². The molecule has 0 atom stereocenters. The number of fused-ring (bicyclic) bond motifs is 1. The molecule has 3 aromatic rings. The van der Waals surface area contributed by atoms with E-state index in [1.54, 1.807) is 22.8 Å². The summed E-state index contributed by atoms with van der Waals surface area (Å²) in [6, 6.07) is 9.21. The van der Waals surface area contributed by atoms with E-state index in [1.807, 2.05) is 18.7 Å². The Bertz CT molecular complexity index is 1240. The highest BCUT2D eigenvalue weighted by Gasteiger charge is 2.25. The van der Waals surface area contributed by atoms with Gasteiger partial charge in [0, 0.05) is 25.8 Å². The van der Waals surface area contributed by atoms with Crippen LogP contribution in [0.2, 0.25) is 0 Å². The van der Waals surface area contributed by atoms with E-state index in [1.165, 1.54) is 24.4 Å². The smallest absolute Gasteiger partial charge is 0.211 e. The third kappa shape index (κ3) is 3.33. The van der Waals surface area contributed by atoms with E-state index < -0.39 is 21.1 Å². The third-order valence-electron chi connectivity index (χ3n) is 5.52. The summed E-state index contributed by atoms with van der Waals surface area (Å²) in [4.78, 5) is 14.8. The number of hydrogen-bond donors (Lipinski definition) is 0. The van der Waals surface area contributed by atoms with Crippen molar-refractivity contribution >= 4 is 26.4 Å². The Morgan fingerprint density at radius 1 is 1.07 bits per heavy atom. The van der Waals surface area contributed by atoms with Crippen LogP contribution in [0, 0.1) is 12.7 Å². The number of hydrogen-bond acceptors (Lipinski definition) is 4. The number of aromatic nitrogens is 1. The summed E-state index contributed by atoms with van der Waals surface area (Å²) in [5, 5.41) is 0.0838. The van der Waals surface area contributed by atoms with Crippen molar-refractivity contribution in [2.24, 2.45) is 0 Å². The molecule has 1 aliphatic rings. The fraction of sp³-hybridized carbons (Fsp3) is 0.318. The van der Waals surface area contributed by atoms with E-state index in [4.69, 9.17) is 0 Å². The molecule has 0 spiro atoms. The van der Waals surface area contributed by atoms with E-state index in [0.29, 0.717) is 17.7 Å². The molecule has 0 bridgehead atoms. The molecule has 1 saturated heterocycles. The number of pyridine rings is 1. The predicted octanol–water partition coefficient (Wildman–Crippen LogP) is 3.90. The van der Waals surface area contributed by atoms with Gasteiger partial charge in [0.1, 0.15) is 10.7 Å². The van der Waals surface area contributed by atoms with Crippen molar-refractivity contribution in [3.8, 4) is 0 Å². The standard InChI is InChI=1S/C22H23FN2O3S/c1-3-24-14-21(29(27,28)16-8-6-15(2)7-9-16)22(26)17-12-18(23)20(13-19(17)24)25-10-4-5-11-25/h6-9,12-14H,3-5,10-11H2,1-2H3. The molecule has 1 aliphatic heterocycles. The minimum atomic E-state index is -4.02. The van der Waals surface area contributed by atoms with E-state index in [2.05, 4.69) is 0 Å². The zero-order valence-electron chi connectivity index (χ0n) is 16.5. The average Bonchev–Trinajstić information content (AvgIpc) is 3.23. The summed E-state index contributed by atoms with van der Waals surface area (Å²) in [5.41, 5.74) is 1.26. The van der Waals surface area contributed by atoms with Crippen LogP contribution >= 0.6 is 0 Å². The lowest BCUT2D eigenvalue weighted by Crippen LogP contribution is -2.22. The lowest BCUT2D eigenvalue weighted by atomic mass is 10.1. The maximum Gasteiger partial charge on any atom is 0.211 e. The monoisotopic (exact) mass is 414 g/mol. The van der Waals surface area contributed by atoms with Crippen LogP contribution in [0.3, 0.4) is 0 Å². The molecule has 152 valence electrons. The van der Waals surface area contributed by atoms with E-state index >= 15 is 0 Å². The second kappa shape index (κ2) is 7.30. The first kappa shape index (κ1) is 19.6. The molecular weight excluding hydrogens is 391 g/mol. The largest absolute Gasteiger partial charge is 0.369 e. The maximum atomic E-state index is 14.8. The quantitative estimate of drug-likeness (QED) is 0.650. The molecule has 2 aromatic carbocycles. The molecule has 0 radical (unpaired) electrons. The van der Waals surface area contributed by atoms with Crippen molar-refractivity contribution in [1.29, 1.82) is 0 Å². The minimum Gasteiger partial charge on any atom is -0.369 e. The van der Waals surface area contributed by atoms with Gasteiger partial charge >= 0.3 is 0 Å². The second-order valence-electron chi connectivity index (χ2n) is 7.44. The number of nitrogens with zero attached hydrogens (tertiary/aromatic N) is 2. The molecule has 0 aliphatic carbocycles. The van der Waals surface area contributed by atoms with Crippen LogP contribution in [-0.2, 0) is 16.4 Å². The molecule has 29 heavy (non-hydrogen) atoms. The van der Waals surface area contributed by atoms with Crippen molar-refractivity contribution < 1.29 is 12.8 Å². The van der Waals surface area contributed by atoms with Gasteiger partial charge in [0.2, 0.25) is 15.3 Å². The Labute approximate surface area is 169 Å². The summed E-state index contributed by atoms with van der Waals surface area (Å²) < 4.78 is 42.8.